The Kier molecular flexibility index (Phi) is 8.33. The van der Waals surface area contributed by atoms with Crippen molar-refractivity contribution in [2.24, 2.45) is 0 Å². The maximum absolute atomic E-state index is 11.9. The van der Waals surface area contributed by atoms with E-state index < -0.39 is 5.97 Å². The van der Waals surface area contributed by atoms with Gasteiger partial charge in [0.25, 0.3) is 5.91 Å². The molecule has 158 valence electrons. The summed E-state index contributed by atoms with van der Waals surface area (Å²) in [5.74, 6) is -0.0632. The number of amides is 1. The van der Waals surface area contributed by atoms with Crippen LogP contribution in [0.3, 0.4) is 0 Å². The van der Waals surface area contributed by atoms with E-state index in [4.69, 9.17) is 21.1 Å². The molecule has 0 spiro atoms. The Hall–Kier alpha value is -2.79. The third kappa shape index (κ3) is 7.56. The highest BCUT2D eigenvalue weighted by atomic mass is 35.5. The highest BCUT2D eigenvalue weighted by Crippen LogP contribution is 2.18. The number of halogens is 1. The van der Waals surface area contributed by atoms with E-state index in [1.807, 2.05) is 48.5 Å². The maximum Gasteiger partial charge on any atom is 0.331 e. The predicted molar refractivity (Wildman–Crippen MR) is 117 cm³/mol. The van der Waals surface area contributed by atoms with E-state index in [0.717, 1.165) is 42.6 Å². The lowest BCUT2D eigenvalue weighted by atomic mass is 9.95. The van der Waals surface area contributed by atoms with Crippen molar-refractivity contribution in [3.63, 3.8) is 0 Å². The molecule has 0 aliphatic heterocycles. The molecular formula is C24H26ClNO4. The minimum Gasteiger partial charge on any atom is -0.489 e. The summed E-state index contributed by atoms with van der Waals surface area (Å²) in [7, 11) is 0. The van der Waals surface area contributed by atoms with Crippen LogP contribution < -0.4 is 10.1 Å². The topological polar surface area (TPSA) is 64.6 Å². The Morgan fingerprint density at radius 1 is 1.00 bits per heavy atom. The minimum atomic E-state index is -0.545. The van der Waals surface area contributed by atoms with E-state index in [1.165, 1.54) is 12.5 Å². The number of rotatable bonds is 8. The number of ether oxygens (including phenoxy) is 2. The second-order valence-corrected chi connectivity index (χ2v) is 7.76. The van der Waals surface area contributed by atoms with Gasteiger partial charge in [0.05, 0.1) is 0 Å². The molecule has 5 nitrogen and oxygen atoms in total. The molecule has 3 rings (SSSR count). The van der Waals surface area contributed by atoms with Gasteiger partial charge >= 0.3 is 5.97 Å². The Morgan fingerprint density at radius 3 is 2.40 bits per heavy atom. The predicted octanol–water partition coefficient (Wildman–Crippen LogP) is 4.92. The van der Waals surface area contributed by atoms with Gasteiger partial charge in [-0.25, -0.2) is 4.79 Å². The van der Waals surface area contributed by atoms with Gasteiger partial charge in [0.15, 0.2) is 6.61 Å². The van der Waals surface area contributed by atoms with Crippen LogP contribution in [-0.4, -0.2) is 24.5 Å². The van der Waals surface area contributed by atoms with Crippen LogP contribution in [0.5, 0.6) is 5.75 Å². The average Bonchev–Trinajstić information content (AvgIpc) is 2.77. The molecule has 0 unspecified atom stereocenters. The second-order valence-electron chi connectivity index (χ2n) is 7.33. The van der Waals surface area contributed by atoms with Gasteiger partial charge < -0.3 is 14.8 Å². The van der Waals surface area contributed by atoms with Crippen LogP contribution in [0.25, 0.3) is 6.08 Å². The zero-order valence-electron chi connectivity index (χ0n) is 16.8. The molecule has 2 aromatic carbocycles. The van der Waals surface area contributed by atoms with Crippen LogP contribution in [-0.2, 0) is 20.9 Å². The molecule has 1 N–H and O–H groups in total. The Balaban J connectivity index is 1.38. The fourth-order valence-electron chi connectivity index (χ4n) is 3.29. The Morgan fingerprint density at radius 2 is 1.70 bits per heavy atom. The molecule has 1 aliphatic carbocycles. The van der Waals surface area contributed by atoms with E-state index in [1.54, 1.807) is 6.08 Å². The third-order valence-corrected chi connectivity index (χ3v) is 5.18. The van der Waals surface area contributed by atoms with Crippen LogP contribution in [0.1, 0.15) is 43.2 Å². The molecule has 1 saturated carbocycles. The summed E-state index contributed by atoms with van der Waals surface area (Å²) in [4.78, 5) is 23.7. The number of nitrogens with one attached hydrogen (secondary N) is 1. The van der Waals surface area contributed by atoms with Crippen LogP contribution in [0.2, 0.25) is 5.02 Å². The van der Waals surface area contributed by atoms with Gasteiger partial charge in [0.2, 0.25) is 0 Å². The first kappa shape index (κ1) is 21.9. The van der Waals surface area contributed by atoms with Crippen molar-refractivity contribution < 1.29 is 19.1 Å². The second kappa shape index (κ2) is 11.4. The number of carbonyl (C=O) groups excluding carboxylic acids is 2. The standard InChI is InChI=1S/C24H26ClNO4/c25-20-11-6-19(7-12-20)16-29-22-13-8-18(9-14-22)10-15-24(28)30-17-23(27)26-21-4-2-1-3-5-21/h6-15,21H,1-5,16-17H2,(H,26,27)/b15-10+. The fourth-order valence-corrected chi connectivity index (χ4v) is 3.41. The van der Waals surface area contributed by atoms with E-state index >= 15 is 0 Å². The van der Waals surface area contributed by atoms with Gasteiger partial charge in [0.1, 0.15) is 12.4 Å². The SMILES string of the molecule is O=C(COC(=O)/C=C/c1ccc(OCc2ccc(Cl)cc2)cc1)NC1CCCCC1. The third-order valence-electron chi connectivity index (χ3n) is 4.93. The van der Waals surface area contributed by atoms with E-state index in [2.05, 4.69) is 5.32 Å². The largest absolute Gasteiger partial charge is 0.489 e. The smallest absolute Gasteiger partial charge is 0.331 e. The Labute approximate surface area is 182 Å². The molecule has 0 aromatic heterocycles. The first-order valence-corrected chi connectivity index (χ1v) is 10.6. The summed E-state index contributed by atoms with van der Waals surface area (Å²) in [6, 6.07) is 15.0. The lowest BCUT2D eigenvalue weighted by Crippen LogP contribution is -2.38. The van der Waals surface area contributed by atoms with Crippen molar-refractivity contribution in [1.29, 1.82) is 0 Å². The van der Waals surface area contributed by atoms with Crippen molar-refractivity contribution in [2.45, 2.75) is 44.8 Å². The molecule has 30 heavy (non-hydrogen) atoms. The Bertz CT molecular complexity index is 856. The molecule has 2 aromatic rings. The van der Waals surface area contributed by atoms with Gasteiger partial charge in [-0.2, -0.15) is 0 Å². The zero-order valence-corrected chi connectivity index (χ0v) is 17.6. The van der Waals surface area contributed by atoms with Gasteiger partial charge in [-0.3, -0.25) is 4.79 Å². The van der Waals surface area contributed by atoms with Gasteiger partial charge in [0, 0.05) is 17.1 Å². The molecule has 1 amide bonds. The van der Waals surface area contributed by atoms with Crippen LogP contribution in [0, 0.1) is 0 Å². The monoisotopic (exact) mass is 427 g/mol. The molecule has 0 bridgehead atoms. The minimum absolute atomic E-state index is 0.209. The first-order valence-electron chi connectivity index (χ1n) is 10.2. The van der Waals surface area contributed by atoms with E-state index in [0.29, 0.717) is 11.6 Å². The van der Waals surface area contributed by atoms with Crippen LogP contribution in [0.4, 0.5) is 0 Å². The molecule has 6 heteroatoms. The van der Waals surface area contributed by atoms with Gasteiger partial charge in [-0.15, -0.1) is 0 Å². The summed E-state index contributed by atoms with van der Waals surface area (Å²) in [5, 5.41) is 3.61. The van der Waals surface area contributed by atoms with Crippen LogP contribution in [0.15, 0.2) is 54.6 Å². The maximum atomic E-state index is 11.9. The van der Waals surface area contributed by atoms with Gasteiger partial charge in [-0.05, 0) is 54.3 Å². The van der Waals surface area contributed by atoms with Gasteiger partial charge in [-0.1, -0.05) is 55.1 Å². The van der Waals surface area contributed by atoms with Crippen molar-refractivity contribution in [1.82, 2.24) is 5.32 Å². The first-order chi connectivity index (χ1) is 14.6. The quantitative estimate of drug-likeness (QED) is 0.479. The highest BCUT2D eigenvalue weighted by molar-refractivity contribution is 6.30. The number of carbonyl (C=O) groups is 2. The molecule has 0 radical (unpaired) electrons. The number of esters is 1. The van der Waals surface area contributed by atoms with E-state index in [-0.39, 0.29) is 18.6 Å². The molecule has 1 aliphatic rings. The van der Waals surface area contributed by atoms with Crippen molar-refractivity contribution in [2.75, 3.05) is 6.61 Å². The fraction of sp³-hybridized carbons (Fsp3) is 0.333. The summed E-state index contributed by atoms with van der Waals surface area (Å²) in [6.07, 6.45) is 8.46. The highest BCUT2D eigenvalue weighted by Gasteiger charge is 2.16. The summed E-state index contributed by atoms with van der Waals surface area (Å²) in [6.45, 7) is 0.193. The van der Waals surface area contributed by atoms with Crippen molar-refractivity contribution in [3.05, 3.63) is 70.8 Å². The normalized spacial score (nSPS) is 14.4. The number of hydrogen-bond acceptors (Lipinski definition) is 4. The average molecular weight is 428 g/mol. The number of benzene rings is 2. The number of hydrogen-bond donors (Lipinski definition) is 1. The van der Waals surface area contributed by atoms with Crippen molar-refractivity contribution in [3.8, 4) is 5.75 Å². The summed E-state index contributed by atoms with van der Waals surface area (Å²) >= 11 is 5.87. The molecule has 0 heterocycles. The molecule has 0 saturated heterocycles. The lowest BCUT2D eigenvalue weighted by molar-refractivity contribution is -0.144. The summed E-state index contributed by atoms with van der Waals surface area (Å²) < 4.78 is 10.8. The molecule has 0 atom stereocenters. The zero-order chi connectivity index (χ0) is 21.2. The lowest BCUT2D eigenvalue weighted by Gasteiger charge is -2.22. The summed E-state index contributed by atoms with van der Waals surface area (Å²) in [5.41, 5.74) is 1.86. The van der Waals surface area contributed by atoms with Crippen molar-refractivity contribution >= 4 is 29.6 Å². The van der Waals surface area contributed by atoms with E-state index in [9.17, 15) is 9.59 Å². The molecule has 1 fully saturated rings. The van der Waals surface area contributed by atoms with Crippen LogP contribution >= 0.6 is 11.6 Å². The molecular weight excluding hydrogens is 402 g/mol.